The van der Waals surface area contributed by atoms with Gasteiger partial charge in [0, 0.05) is 15.4 Å². The third kappa shape index (κ3) is 5.72. The van der Waals surface area contributed by atoms with Gasteiger partial charge in [-0.15, -0.1) is 0 Å². The van der Waals surface area contributed by atoms with Crippen molar-refractivity contribution in [3.05, 3.63) is 92.1 Å². The Bertz CT molecular complexity index is 1450. The predicted octanol–water partition coefficient (Wildman–Crippen LogP) is 6.01. The molecule has 0 bridgehead atoms. The molecule has 10 heteroatoms. The number of halogens is 2. The fraction of sp³-hybridized carbons (Fsp3) is 0.0800. The summed E-state index contributed by atoms with van der Waals surface area (Å²) >= 11 is 6.83. The van der Waals surface area contributed by atoms with Crippen molar-refractivity contribution in [2.24, 2.45) is 5.10 Å². The van der Waals surface area contributed by atoms with E-state index in [9.17, 15) is 14.7 Å². The van der Waals surface area contributed by atoms with Gasteiger partial charge in [0.05, 0.1) is 23.4 Å². The summed E-state index contributed by atoms with van der Waals surface area (Å²) < 4.78 is 18.6. The van der Waals surface area contributed by atoms with Crippen LogP contribution in [0.5, 0.6) is 11.5 Å². The van der Waals surface area contributed by atoms with Crippen molar-refractivity contribution in [2.75, 3.05) is 7.11 Å². The maximum absolute atomic E-state index is 12.6. The number of nitrogens with one attached hydrogen (secondary N) is 1. The van der Waals surface area contributed by atoms with Crippen LogP contribution >= 0.6 is 31.9 Å². The van der Waals surface area contributed by atoms with Crippen LogP contribution in [0, 0.1) is 0 Å². The normalized spacial score (nSPS) is 11.1. The maximum atomic E-state index is 12.6. The minimum atomic E-state index is -1.02. The molecule has 0 unspecified atom stereocenters. The van der Waals surface area contributed by atoms with E-state index >= 15 is 0 Å². The SMILES string of the molecule is COc1cccc(/C=N\NC(=O)c2cc3cc(Br)cc(Br)c3o2)c1OCc1cccc(C(=O)O)c1. The number of para-hydroxylation sites is 1. The zero-order chi connectivity index (χ0) is 24.9. The summed E-state index contributed by atoms with van der Waals surface area (Å²) in [5.41, 5.74) is 4.40. The molecule has 4 aromatic rings. The van der Waals surface area contributed by atoms with E-state index in [2.05, 4.69) is 42.4 Å². The number of benzene rings is 3. The Morgan fingerprint density at radius 1 is 1.11 bits per heavy atom. The van der Waals surface area contributed by atoms with Gasteiger partial charge in [0.15, 0.2) is 17.3 Å². The molecule has 0 fully saturated rings. The molecule has 0 aliphatic carbocycles. The highest BCUT2D eigenvalue weighted by Gasteiger charge is 2.15. The number of furan rings is 1. The van der Waals surface area contributed by atoms with Gasteiger partial charge in [-0.25, -0.2) is 10.2 Å². The van der Waals surface area contributed by atoms with E-state index in [4.69, 9.17) is 13.9 Å². The third-order valence-electron chi connectivity index (χ3n) is 4.92. The molecule has 1 heterocycles. The minimum absolute atomic E-state index is 0.108. The number of carboxylic acids is 1. The molecule has 0 spiro atoms. The fourth-order valence-electron chi connectivity index (χ4n) is 3.30. The van der Waals surface area contributed by atoms with Gasteiger partial charge in [0.1, 0.15) is 12.2 Å². The molecule has 1 amide bonds. The Kier molecular flexibility index (Phi) is 7.52. The fourth-order valence-corrected chi connectivity index (χ4v) is 4.64. The summed E-state index contributed by atoms with van der Waals surface area (Å²) in [6, 6.07) is 17.0. The van der Waals surface area contributed by atoms with Crippen LogP contribution in [0.3, 0.4) is 0 Å². The van der Waals surface area contributed by atoms with Gasteiger partial charge in [-0.2, -0.15) is 5.10 Å². The first-order valence-electron chi connectivity index (χ1n) is 10.2. The van der Waals surface area contributed by atoms with E-state index in [0.29, 0.717) is 28.2 Å². The van der Waals surface area contributed by atoms with E-state index in [-0.39, 0.29) is 17.9 Å². The molecule has 0 radical (unpaired) electrons. The van der Waals surface area contributed by atoms with Crippen LogP contribution in [0.4, 0.5) is 0 Å². The zero-order valence-corrected chi connectivity index (χ0v) is 21.4. The number of amides is 1. The lowest BCUT2D eigenvalue weighted by atomic mass is 10.1. The molecular weight excluding hydrogens is 584 g/mol. The molecule has 0 atom stereocenters. The van der Waals surface area contributed by atoms with Crippen LogP contribution in [0.15, 0.2) is 79.1 Å². The van der Waals surface area contributed by atoms with Crippen molar-refractivity contribution in [3.8, 4) is 11.5 Å². The summed E-state index contributed by atoms with van der Waals surface area (Å²) in [5.74, 6) is -0.571. The number of carbonyl (C=O) groups excluding carboxylic acids is 1. The van der Waals surface area contributed by atoms with Gasteiger partial charge < -0.3 is 19.0 Å². The van der Waals surface area contributed by atoms with Crippen LogP contribution in [0.2, 0.25) is 0 Å². The average molecular weight is 602 g/mol. The molecule has 35 heavy (non-hydrogen) atoms. The first-order valence-corrected chi connectivity index (χ1v) is 11.8. The highest BCUT2D eigenvalue weighted by molar-refractivity contribution is 9.11. The average Bonchev–Trinajstić information content (AvgIpc) is 3.27. The number of aromatic carboxylic acids is 1. The van der Waals surface area contributed by atoms with E-state index in [1.807, 2.05) is 12.1 Å². The van der Waals surface area contributed by atoms with Crippen LogP contribution < -0.4 is 14.9 Å². The van der Waals surface area contributed by atoms with Crippen LogP contribution in [-0.4, -0.2) is 30.3 Å². The molecule has 1 aromatic heterocycles. The number of hydrazone groups is 1. The number of methoxy groups -OCH3 is 1. The number of ether oxygens (including phenoxy) is 2. The van der Waals surface area contributed by atoms with Gasteiger partial charge in [-0.1, -0.05) is 34.1 Å². The number of carboxylic acid groups (broad SMARTS) is 1. The van der Waals surface area contributed by atoms with Crippen molar-refractivity contribution in [3.63, 3.8) is 0 Å². The lowest BCUT2D eigenvalue weighted by Gasteiger charge is -2.13. The van der Waals surface area contributed by atoms with Crippen LogP contribution in [-0.2, 0) is 6.61 Å². The van der Waals surface area contributed by atoms with Gasteiger partial charge in [0.25, 0.3) is 0 Å². The molecule has 3 aromatic carbocycles. The number of hydrogen-bond donors (Lipinski definition) is 2. The van der Waals surface area contributed by atoms with Crippen molar-refractivity contribution in [1.29, 1.82) is 0 Å². The second-order valence-electron chi connectivity index (χ2n) is 7.29. The van der Waals surface area contributed by atoms with Crippen molar-refractivity contribution < 1.29 is 28.6 Å². The summed E-state index contributed by atoms with van der Waals surface area (Å²) in [5, 5.41) is 14.0. The standard InChI is InChI=1S/C25H18Br2N2O6/c1-33-20-7-3-6-16(23(20)34-13-14-4-2-5-15(8-14)25(31)32)12-28-29-24(30)21-10-17-9-18(26)11-19(27)22(17)35-21/h2-12H,13H2,1H3,(H,29,30)(H,31,32)/b28-12-. The summed E-state index contributed by atoms with van der Waals surface area (Å²) in [4.78, 5) is 23.8. The molecular formula is C25H18Br2N2O6. The maximum Gasteiger partial charge on any atom is 0.335 e. The molecule has 8 nitrogen and oxygen atoms in total. The lowest BCUT2D eigenvalue weighted by Crippen LogP contribution is -2.16. The quantitative estimate of drug-likeness (QED) is 0.189. The Balaban J connectivity index is 1.50. The lowest BCUT2D eigenvalue weighted by molar-refractivity contribution is 0.0696. The monoisotopic (exact) mass is 600 g/mol. The van der Waals surface area contributed by atoms with E-state index < -0.39 is 11.9 Å². The Hall–Kier alpha value is -3.63. The summed E-state index contributed by atoms with van der Waals surface area (Å²) in [6.07, 6.45) is 1.43. The topological polar surface area (TPSA) is 110 Å². The Morgan fingerprint density at radius 2 is 1.91 bits per heavy atom. The summed E-state index contributed by atoms with van der Waals surface area (Å²) in [6.45, 7) is 0.109. The van der Waals surface area contributed by atoms with Crippen LogP contribution in [0.1, 0.15) is 32.0 Å². The van der Waals surface area contributed by atoms with Gasteiger partial charge in [0.2, 0.25) is 0 Å². The van der Waals surface area contributed by atoms with E-state index in [0.717, 1.165) is 14.3 Å². The van der Waals surface area contributed by atoms with Gasteiger partial charge in [-0.05, 0) is 64.0 Å². The van der Waals surface area contributed by atoms with E-state index in [1.54, 1.807) is 36.4 Å². The van der Waals surface area contributed by atoms with Gasteiger partial charge in [-0.3, -0.25) is 4.79 Å². The first-order chi connectivity index (χ1) is 16.9. The molecule has 2 N–H and O–H groups in total. The van der Waals surface area contributed by atoms with Gasteiger partial charge >= 0.3 is 11.9 Å². The molecule has 0 aliphatic rings. The predicted molar refractivity (Wildman–Crippen MR) is 137 cm³/mol. The van der Waals surface area contributed by atoms with Crippen molar-refractivity contribution in [1.82, 2.24) is 5.43 Å². The number of nitrogens with zero attached hydrogens (tertiary/aromatic N) is 1. The smallest absolute Gasteiger partial charge is 0.335 e. The minimum Gasteiger partial charge on any atom is -0.493 e. The highest BCUT2D eigenvalue weighted by Crippen LogP contribution is 2.32. The Labute approximate surface area is 216 Å². The number of fused-ring (bicyclic) bond motifs is 1. The van der Waals surface area contributed by atoms with Crippen molar-refractivity contribution in [2.45, 2.75) is 6.61 Å². The van der Waals surface area contributed by atoms with Crippen LogP contribution in [0.25, 0.3) is 11.0 Å². The molecule has 4 rings (SSSR count). The molecule has 178 valence electrons. The molecule has 0 aliphatic heterocycles. The zero-order valence-electron chi connectivity index (χ0n) is 18.2. The number of carbonyl (C=O) groups is 2. The molecule has 0 saturated carbocycles. The van der Waals surface area contributed by atoms with Crippen molar-refractivity contribution >= 4 is 60.9 Å². The Morgan fingerprint density at radius 3 is 2.69 bits per heavy atom. The number of rotatable bonds is 8. The van der Waals surface area contributed by atoms with E-state index in [1.165, 1.54) is 25.5 Å². The summed E-state index contributed by atoms with van der Waals surface area (Å²) in [7, 11) is 1.51. The highest BCUT2D eigenvalue weighted by atomic mass is 79.9. The second-order valence-corrected chi connectivity index (χ2v) is 9.06. The molecule has 0 saturated heterocycles. The number of hydrogen-bond acceptors (Lipinski definition) is 6. The second kappa shape index (κ2) is 10.7. The first kappa shape index (κ1) is 24.5. The largest absolute Gasteiger partial charge is 0.493 e. The third-order valence-corrected chi connectivity index (χ3v) is 5.96.